The molecule has 4 rings (SSSR count). The fourth-order valence-electron chi connectivity index (χ4n) is 3.34. The minimum Gasteiger partial charge on any atom is -0.489 e. The van der Waals surface area contributed by atoms with E-state index in [1.165, 1.54) is 0 Å². The standard InChI is InChI=1S/C24H23N3O2/c1-2-27-22-14-7-6-13-21(22)26-23(27)16-25-24(28)19-11-8-12-20(15-19)29-17-18-9-4-3-5-10-18/h3-15H,2,16-17H2,1H3,(H,25,28). The summed E-state index contributed by atoms with van der Waals surface area (Å²) in [5, 5.41) is 2.97. The number of fused-ring (bicyclic) bond motifs is 1. The molecule has 0 atom stereocenters. The van der Waals surface area contributed by atoms with Crippen molar-refractivity contribution < 1.29 is 9.53 Å². The van der Waals surface area contributed by atoms with E-state index >= 15 is 0 Å². The van der Waals surface area contributed by atoms with Gasteiger partial charge in [-0.15, -0.1) is 0 Å². The van der Waals surface area contributed by atoms with Crippen LogP contribution in [0.4, 0.5) is 0 Å². The Hall–Kier alpha value is -3.60. The molecule has 0 aliphatic rings. The van der Waals surface area contributed by atoms with Gasteiger partial charge in [0, 0.05) is 12.1 Å². The Morgan fingerprint density at radius 3 is 2.62 bits per heavy atom. The molecular weight excluding hydrogens is 362 g/mol. The first-order valence-electron chi connectivity index (χ1n) is 9.73. The summed E-state index contributed by atoms with van der Waals surface area (Å²) < 4.78 is 7.95. The van der Waals surface area contributed by atoms with Crippen molar-refractivity contribution in [2.45, 2.75) is 26.6 Å². The molecule has 0 saturated heterocycles. The van der Waals surface area contributed by atoms with Gasteiger partial charge >= 0.3 is 0 Å². The van der Waals surface area contributed by atoms with Crippen LogP contribution < -0.4 is 10.1 Å². The first-order chi connectivity index (χ1) is 14.2. The van der Waals surface area contributed by atoms with Gasteiger partial charge in [-0.25, -0.2) is 4.98 Å². The molecule has 0 fully saturated rings. The summed E-state index contributed by atoms with van der Waals surface area (Å²) in [5.41, 5.74) is 3.67. The van der Waals surface area contributed by atoms with E-state index < -0.39 is 0 Å². The van der Waals surface area contributed by atoms with Gasteiger partial charge in [0.15, 0.2) is 0 Å². The first kappa shape index (κ1) is 18.7. The lowest BCUT2D eigenvalue weighted by Crippen LogP contribution is -2.24. The predicted octanol–water partition coefficient (Wildman–Crippen LogP) is 4.57. The molecule has 0 aliphatic carbocycles. The van der Waals surface area contributed by atoms with E-state index in [2.05, 4.69) is 21.8 Å². The number of benzene rings is 3. The van der Waals surface area contributed by atoms with E-state index in [4.69, 9.17) is 4.74 Å². The van der Waals surface area contributed by atoms with Gasteiger partial charge in [-0.1, -0.05) is 48.5 Å². The molecule has 5 nitrogen and oxygen atoms in total. The summed E-state index contributed by atoms with van der Waals surface area (Å²) >= 11 is 0. The molecule has 4 aromatic rings. The molecule has 29 heavy (non-hydrogen) atoms. The molecule has 1 heterocycles. The predicted molar refractivity (Wildman–Crippen MR) is 114 cm³/mol. The Morgan fingerprint density at radius 2 is 1.79 bits per heavy atom. The van der Waals surface area contributed by atoms with Crippen LogP contribution in [-0.2, 0) is 19.7 Å². The van der Waals surface area contributed by atoms with Crippen LogP contribution in [0.25, 0.3) is 11.0 Å². The highest BCUT2D eigenvalue weighted by Gasteiger charge is 2.12. The van der Waals surface area contributed by atoms with Crippen molar-refractivity contribution in [1.29, 1.82) is 0 Å². The largest absolute Gasteiger partial charge is 0.489 e. The van der Waals surface area contributed by atoms with Crippen LogP contribution in [0.1, 0.15) is 28.7 Å². The zero-order chi connectivity index (χ0) is 20.1. The number of imidazole rings is 1. The summed E-state index contributed by atoms with van der Waals surface area (Å²) in [6, 6.07) is 25.2. The number of nitrogens with one attached hydrogen (secondary N) is 1. The molecule has 1 amide bonds. The Morgan fingerprint density at radius 1 is 1.00 bits per heavy atom. The van der Waals surface area contributed by atoms with E-state index in [1.807, 2.05) is 66.7 Å². The fraction of sp³-hybridized carbons (Fsp3) is 0.167. The van der Waals surface area contributed by atoms with Crippen LogP contribution >= 0.6 is 0 Å². The van der Waals surface area contributed by atoms with E-state index in [0.29, 0.717) is 24.5 Å². The molecule has 0 spiro atoms. The van der Waals surface area contributed by atoms with Crippen LogP contribution in [-0.4, -0.2) is 15.5 Å². The average Bonchev–Trinajstić information content (AvgIpc) is 3.14. The number of ether oxygens (including phenoxy) is 1. The summed E-state index contributed by atoms with van der Waals surface area (Å²) in [7, 11) is 0. The Kier molecular flexibility index (Phi) is 5.56. The highest BCUT2D eigenvalue weighted by Crippen LogP contribution is 2.17. The fourth-order valence-corrected chi connectivity index (χ4v) is 3.34. The number of rotatable bonds is 7. The molecule has 0 bridgehead atoms. The molecule has 0 saturated carbocycles. The van der Waals surface area contributed by atoms with Gasteiger partial charge in [-0.3, -0.25) is 4.79 Å². The summed E-state index contributed by atoms with van der Waals surface area (Å²) in [6.45, 7) is 3.71. The lowest BCUT2D eigenvalue weighted by atomic mass is 10.2. The number of carbonyl (C=O) groups is 1. The van der Waals surface area contributed by atoms with Gasteiger partial charge in [0.1, 0.15) is 18.2 Å². The van der Waals surface area contributed by atoms with Crippen molar-refractivity contribution in [1.82, 2.24) is 14.9 Å². The number of aryl methyl sites for hydroxylation is 1. The Balaban J connectivity index is 1.42. The summed E-state index contributed by atoms with van der Waals surface area (Å²) in [6.07, 6.45) is 0. The average molecular weight is 385 g/mol. The van der Waals surface area contributed by atoms with Crippen LogP contribution in [0.15, 0.2) is 78.9 Å². The van der Waals surface area contributed by atoms with E-state index in [9.17, 15) is 4.79 Å². The third-order valence-electron chi connectivity index (χ3n) is 4.80. The Labute approximate surface area is 170 Å². The van der Waals surface area contributed by atoms with Crippen molar-refractivity contribution >= 4 is 16.9 Å². The molecule has 1 aromatic heterocycles. The van der Waals surface area contributed by atoms with Gasteiger partial charge in [0.25, 0.3) is 5.91 Å². The topological polar surface area (TPSA) is 56.2 Å². The van der Waals surface area contributed by atoms with E-state index in [0.717, 1.165) is 29.0 Å². The summed E-state index contributed by atoms with van der Waals surface area (Å²) in [5.74, 6) is 1.37. The quantitative estimate of drug-likeness (QED) is 0.507. The van der Waals surface area contributed by atoms with Crippen molar-refractivity contribution in [3.63, 3.8) is 0 Å². The van der Waals surface area contributed by atoms with Crippen molar-refractivity contribution in [3.05, 3.63) is 95.8 Å². The molecule has 146 valence electrons. The number of hydrogen-bond donors (Lipinski definition) is 1. The molecule has 3 aromatic carbocycles. The minimum atomic E-state index is -0.148. The van der Waals surface area contributed by atoms with Crippen LogP contribution in [0.5, 0.6) is 5.75 Å². The van der Waals surface area contributed by atoms with Crippen LogP contribution in [0.2, 0.25) is 0 Å². The molecule has 0 aliphatic heterocycles. The van der Waals surface area contributed by atoms with Gasteiger partial charge in [-0.2, -0.15) is 0 Å². The number of hydrogen-bond acceptors (Lipinski definition) is 3. The van der Waals surface area contributed by atoms with Gasteiger partial charge in [0.05, 0.1) is 17.6 Å². The number of amides is 1. The maximum absolute atomic E-state index is 12.7. The lowest BCUT2D eigenvalue weighted by Gasteiger charge is -2.10. The van der Waals surface area contributed by atoms with Crippen molar-refractivity contribution in [2.24, 2.45) is 0 Å². The summed E-state index contributed by atoms with van der Waals surface area (Å²) in [4.78, 5) is 17.3. The molecule has 0 unspecified atom stereocenters. The minimum absolute atomic E-state index is 0.148. The smallest absolute Gasteiger partial charge is 0.251 e. The number of para-hydroxylation sites is 2. The lowest BCUT2D eigenvalue weighted by molar-refractivity contribution is 0.0949. The van der Waals surface area contributed by atoms with Crippen LogP contribution in [0, 0.1) is 0 Å². The van der Waals surface area contributed by atoms with Gasteiger partial charge in [-0.05, 0) is 42.8 Å². The maximum Gasteiger partial charge on any atom is 0.251 e. The highest BCUT2D eigenvalue weighted by molar-refractivity contribution is 5.94. The van der Waals surface area contributed by atoms with Crippen LogP contribution in [0.3, 0.4) is 0 Å². The second-order valence-corrected chi connectivity index (χ2v) is 6.75. The second kappa shape index (κ2) is 8.61. The zero-order valence-corrected chi connectivity index (χ0v) is 16.3. The normalized spacial score (nSPS) is 10.8. The monoisotopic (exact) mass is 385 g/mol. The maximum atomic E-state index is 12.7. The number of nitrogens with zero attached hydrogens (tertiary/aromatic N) is 2. The third kappa shape index (κ3) is 4.29. The molecule has 5 heteroatoms. The second-order valence-electron chi connectivity index (χ2n) is 6.75. The molecular formula is C24H23N3O2. The van der Waals surface area contributed by atoms with E-state index in [1.54, 1.807) is 12.1 Å². The van der Waals surface area contributed by atoms with Gasteiger partial charge < -0.3 is 14.6 Å². The SMILES string of the molecule is CCn1c(CNC(=O)c2cccc(OCc3ccccc3)c2)nc2ccccc21. The molecule has 1 N–H and O–H groups in total. The highest BCUT2D eigenvalue weighted by atomic mass is 16.5. The van der Waals surface area contributed by atoms with Crippen molar-refractivity contribution in [3.8, 4) is 5.75 Å². The number of aromatic nitrogens is 2. The Bertz CT molecular complexity index is 1120. The third-order valence-corrected chi connectivity index (χ3v) is 4.80. The van der Waals surface area contributed by atoms with E-state index in [-0.39, 0.29) is 5.91 Å². The first-order valence-corrected chi connectivity index (χ1v) is 9.73. The van der Waals surface area contributed by atoms with Crippen molar-refractivity contribution in [2.75, 3.05) is 0 Å². The van der Waals surface area contributed by atoms with Gasteiger partial charge in [0.2, 0.25) is 0 Å². The zero-order valence-electron chi connectivity index (χ0n) is 16.3. The number of carbonyl (C=O) groups excluding carboxylic acids is 1. The molecule has 0 radical (unpaired) electrons.